The molecule has 0 amide bonds. The van der Waals surface area contributed by atoms with Crippen molar-refractivity contribution >= 4 is 33.4 Å². The number of hydrogen-bond acceptors (Lipinski definition) is 4. The molecule has 3 rings (SSSR count). The summed E-state index contributed by atoms with van der Waals surface area (Å²) in [5.41, 5.74) is 0.741. The van der Waals surface area contributed by atoms with Gasteiger partial charge in [-0.1, -0.05) is 18.2 Å². The number of benzene rings is 2. The topological polar surface area (TPSA) is 70.6 Å². The zero-order valence-electron chi connectivity index (χ0n) is 12.8. The average Bonchev–Trinajstić information content (AvgIpc) is 2.54. The highest BCUT2D eigenvalue weighted by atomic mass is 32.2. The lowest BCUT2D eigenvalue weighted by Gasteiger charge is -2.21. The molecular weight excluding hydrogens is 330 g/mol. The monoisotopic (exact) mass is 347 g/mol. The third kappa shape index (κ3) is 3.35. The highest BCUT2D eigenvalue weighted by Crippen LogP contribution is 2.32. The second kappa shape index (κ2) is 6.25. The number of aliphatic imine (C=N–C) groups is 1. The van der Waals surface area contributed by atoms with E-state index in [0.29, 0.717) is 5.96 Å². The first-order valence-electron chi connectivity index (χ1n) is 7.19. The molecule has 1 aliphatic heterocycles. The fourth-order valence-electron chi connectivity index (χ4n) is 2.17. The van der Waals surface area contributed by atoms with Gasteiger partial charge in [0.2, 0.25) is 15.8 Å². The van der Waals surface area contributed by atoms with Crippen LogP contribution in [0.4, 0.5) is 5.69 Å². The molecule has 5 nitrogen and oxygen atoms in total. The Kier molecular flexibility index (Phi) is 4.32. The van der Waals surface area contributed by atoms with Crippen molar-refractivity contribution in [3.63, 3.8) is 0 Å². The molecule has 0 saturated carbocycles. The maximum atomic E-state index is 12.7. The molecule has 0 atom stereocenters. The number of guanidine groups is 1. The summed E-state index contributed by atoms with van der Waals surface area (Å²) in [6.07, 6.45) is 0. The minimum atomic E-state index is -3.52. The number of nitrogens with zero attached hydrogens (tertiary/aromatic N) is 1. The number of nitrogens with one attached hydrogen (secondary N) is 2. The first-order valence-corrected chi connectivity index (χ1v) is 9.48. The second-order valence-electron chi connectivity index (χ2n) is 5.38. The fraction of sp³-hybridized carbons (Fsp3) is 0.188. The van der Waals surface area contributed by atoms with E-state index in [-0.39, 0.29) is 15.8 Å². The van der Waals surface area contributed by atoms with E-state index >= 15 is 0 Å². The average molecular weight is 347 g/mol. The quantitative estimate of drug-likeness (QED) is 0.834. The van der Waals surface area contributed by atoms with Crippen LogP contribution in [0.2, 0.25) is 0 Å². The van der Waals surface area contributed by atoms with Gasteiger partial charge in [0.1, 0.15) is 0 Å². The van der Waals surface area contributed by atoms with Gasteiger partial charge in [0.05, 0.1) is 20.4 Å². The van der Waals surface area contributed by atoms with Crippen LogP contribution in [0, 0.1) is 0 Å². The largest absolute Gasteiger partial charge is 0.325 e. The number of fused-ring (bicyclic) bond motifs is 1. The van der Waals surface area contributed by atoms with Crippen molar-refractivity contribution in [2.75, 3.05) is 5.32 Å². The van der Waals surface area contributed by atoms with E-state index in [1.54, 1.807) is 48.5 Å². The van der Waals surface area contributed by atoms with Gasteiger partial charge < -0.3 is 5.32 Å². The molecule has 1 heterocycles. The summed E-state index contributed by atoms with van der Waals surface area (Å²) in [7, 11) is -3.52. The van der Waals surface area contributed by atoms with Crippen molar-refractivity contribution in [1.29, 1.82) is 0 Å². The third-order valence-corrected chi connectivity index (χ3v) is 5.85. The Morgan fingerprint density at radius 2 is 1.78 bits per heavy atom. The predicted molar refractivity (Wildman–Crippen MR) is 93.5 cm³/mol. The van der Waals surface area contributed by atoms with Gasteiger partial charge >= 0.3 is 0 Å². The molecule has 120 valence electrons. The van der Waals surface area contributed by atoms with Crippen molar-refractivity contribution in [3.05, 3.63) is 48.5 Å². The molecule has 0 radical (unpaired) electrons. The Hall–Kier alpha value is -1.99. The third-order valence-electron chi connectivity index (χ3n) is 3.21. The molecule has 7 heteroatoms. The summed E-state index contributed by atoms with van der Waals surface area (Å²) in [5, 5.41) is 3.15. The molecule has 1 aliphatic rings. The van der Waals surface area contributed by atoms with E-state index < -0.39 is 9.84 Å². The Morgan fingerprint density at radius 1 is 1.04 bits per heavy atom. The zero-order chi connectivity index (χ0) is 16.4. The van der Waals surface area contributed by atoms with Crippen molar-refractivity contribution in [2.24, 2.45) is 4.99 Å². The number of hydrogen-bond donors (Lipinski definition) is 2. The summed E-state index contributed by atoms with van der Waals surface area (Å²) >= 11 is 1.42. The Balaban J connectivity index is 1.99. The fourth-order valence-corrected chi connectivity index (χ4v) is 4.15. The zero-order valence-corrected chi connectivity index (χ0v) is 14.4. The highest BCUT2D eigenvalue weighted by Gasteiger charge is 2.21. The van der Waals surface area contributed by atoms with Crippen LogP contribution in [-0.4, -0.2) is 20.4 Å². The number of sulfone groups is 1. The van der Waals surface area contributed by atoms with Gasteiger partial charge in [-0.3, -0.25) is 4.72 Å². The molecule has 0 aliphatic carbocycles. The lowest BCUT2D eigenvalue weighted by Crippen LogP contribution is -2.30. The Labute approximate surface area is 140 Å². The Morgan fingerprint density at radius 3 is 2.48 bits per heavy atom. The lowest BCUT2D eigenvalue weighted by molar-refractivity contribution is 0.596. The van der Waals surface area contributed by atoms with Gasteiger partial charge in [0.25, 0.3) is 0 Å². The van der Waals surface area contributed by atoms with Crippen LogP contribution in [0.15, 0.2) is 68.2 Å². The molecule has 0 fully saturated rings. The molecule has 0 bridgehead atoms. The van der Waals surface area contributed by atoms with Gasteiger partial charge in [0.15, 0.2) is 0 Å². The van der Waals surface area contributed by atoms with Crippen LogP contribution >= 0.6 is 11.9 Å². The summed E-state index contributed by atoms with van der Waals surface area (Å²) in [4.78, 5) is 5.89. The number of rotatable bonds is 3. The van der Waals surface area contributed by atoms with Crippen LogP contribution in [0.3, 0.4) is 0 Å². The SMILES string of the molecule is CC(C)N=C1NSc2ccc(S(=O)(=O)c3ccccc3)cc2N1. The molecule has 2 aromatic rings. The van der Waals surface area contributed by atoms with Crippen molar-refractivity contribution in [3.8, 4) is 0 Å². The normalized spacial score (nSPS) is 15.9. The van der Waals surface area contributed by atoms with Gasteiger partial charge in [0, 0.05) is 6.04 Å². The van der Waals surface area contributed by atoms with E-state index in [1.807, 2.05) is 13.8 Å². The molecular formula is C16H17N3O2S2. The van der Waals surface area contributed by atoms with Gasteiger partial charge in [-0.05, 0) is 56.1 Å². The highest BCUT2D eigenvalue weighted by molar-refractivity contribution is 7.98. The van der Waals surface area contributed by atoms with E-state index in [9.17, 15) is 8.42 Å². The van der Waals surface area contributed by atoms with Crippen LogP contribution in [0.5, 0.6) is 0 Å². The number of anilines is 1. The van der Waals surface area contributed by atoms with Gasteiger partial charge in [-0.25, -0.2) is 13.4 Å². The predicted octanol–water partition coefficient (Wildman–Crippen LogP) is 3.31. The Bertz CT molecular complexity index is 847. The van der Waals surface area contributed by atoms with Crippen LogP contribution in [0.25, 0.3) is 0 Å². The second-order valence-corrected chi connectivity index (χ2v) is 8.17. The molecule has 23 heavy (non-hydrogen) atoms. The smallest absolute Gasteiger partial charge is 0.206 e. The lowest BCUT2D eigenvalue weighted by atomic mass is 10.3. The first kappa shape index (κ1) is 15.9. The summed E-state index contributed by atoms with van der Waals surface area (Å²) in [6.45, 7) is 3.96. The van der Waals surface area contributed by atoms with Crippen molar-refractivity contribution in [2.45, 2.75) is 34.6 Å². The van der Waals surface area contributed by atoms with Gasteiger partial charge in [-0.2, -0.15) is 0 Å². The van der Waals surface area contributed by atoms with E-state index in [1.165, 1.54) is 11.9 Å². The molecule has 0 unspecified atom stereocenters. The van der Waals surface area contributed by atoms with E-state index in [2.05, 4.69) is 15.0 Å². The van der Waals surface area contributed by atoms with Crippen molar-refractivity contribution in [1.82, 2.24) is 4.72 Å². The molecule has 0 saturated heterocycles. The maximum Gasteiger partial charge on any atom is 0.206 e. The van der Waals surface area contributed by atoms with Crippen molar-refractivity contribution < 1.29 is 8.42 Å². The van der Waals surface area contributed by atoms with Gasteiger partial charge in [-0.15, -0.1) is 0 Å². The minimum Gasteiger partial charge on any atom is -0.325 e. The summed E-state index contributed by atoms with van der Waals surface area (Å²) in [5.74, 6) is 0.631. The molecule has 2 aromatic carbocycles. The summed E-state index contributed by atoms with van der Waals surface area (Å²) < 4.78 is 28.5. The molecule has 2 N–H and O–H groups in total. The van der Waals surface area contributed by atoms with Crippen LogP contribution in [-0.2, 0) is 9.84 Å². The minimum absolute atomic E-state index is 0.142. The van der Waals surface area contributed by atoms with E-state index in [4.69, 9.17) is 0 Å². The van der Waals surface area contributed by atoms with Crippen LogP contribution in [0.1, 0.15) is 13.8 Å². The summed E-state index contributed by atoms with van der Waals surface area (Å²) in [6, 6.07) is 13.7. The van der Waals surface area contributed by atoms with Crippen LogP contribution < -0.4 is 10.0 Å². The first-order chi connectivity index (χ1) is 11.0. The molecule has 0 aromatic heterocycles. The van der Waals surface area contributed by atoms with E-state index in [0.717, 1.165) is 10.6 Å². The standard InChI is InChI=1S/C16H17N3O2S2/c1-11(2)17-16-18-14-10-13(8-9-15(14)22-19-16)23(20,21)12-6-4-3-5-7-12/h3-11H,1-2H3,(H2,17,18,19). The molecule has 0 spiro atoms. The maximum absolute atomic E-state index is 12.7.